The van der Waals surface area contributed by atoms with Gasteiger partial charge in [0, 0.05) is 27.4 Å². The minimum atomic E-state index is -0.0426. The van der Waals surface area contributed by atoms with Crippen molar-refractivity contribution >= 4 is 62.0 Å². The Labute approximate surface area is 150 Å². The largest absolute Gasteiger partial charge is 0.431 e. The number of halogens is 2. The van der Waals surface area contributed by atoms with E-state index in [1.165, 1.54) is 11.8 Å². The van der Waals surface area contributed by atoms with Gasteiger partial charge in [0.05, 0.1) is 0 Å². The summed E-state index contributed by atoms with van der Waals surface area (Å²) in [6.45, 7) is 0. The molecule has 0 aliphatic rings. The molecule has 118 valence electrons. The quantitative estimate of drug-likeness (QED) is 0.574. The number of hydrogen-bond donors (Lipinski definition) is 1. The van der Waals surface area contributed by atoms with E-state index < -0.39 is 0 Å². The Hall–Kier alpha value is -1.50. The van der Waals surface area contributed by atoms with Crippen molar-refractivity contribution in [1.29, 1.82) is 0 Å². The first-order valence-electron chi connectivity index (χ1n) is 6.84. The number of thioether (sulfide) groups is 1. The number of rotatable bonds is 5. The fourth-order valence-electron chi connectivity index (χ4n) is 1.93. The summed E-state index contributed by atoms with van der Waals surface area (Å²) in [6, 6.07) is 12.8. The third kappa shape index (κ3) is 4.50. The van der Waals surface area contributed by atoms with Crippen molar-refractivity contribution in [2.24, 2.45) is 0 Å². The number of carbonyl (C=O) groups is 1. The first-order chi connectivity index (χ1) is 11.1. The van der Waals surface area contributed by atoms with Gasteiger partial charge in [-0.15, -0.1) is 0 Å². The van der Waals surface area contributed by atoms with E-state index in [1.54, 1.807) is 18.2 Å². The van der Waals surface area contributed by atoms with Gasteiger partial charge in [-0.1, -0.05) is 39.3 Å². The van der Waals surface area contributed by atoms with Crippen LogP contribution in [0.2, 0.25) is 5.02 Å². The van der Waals surface area contributed by atoms with Gasteiger partial charge in [-0.25, -0.2) is 4.98 Å². The van der Waals surface area contributed by atoms with Gasteiger partial charge >= 0.3 is 0 Å². The van der Waals surface area contributed by atoms with Crippen LogP contribution in [0.5, 0.6) is 0 Å². The summed E-state index contributed by atoms with van der Waals surface area (Å²) in [5.41, 5.74) is 2.19. The highest BCUT2D eigenvalue weighted by Crippen LogP contribution is 2.26. The molecular weight excluding hydrogens is 400 g/mol. The number of nitrogens with one attached hydrogen (secondary N) is 1. The molecule has 0 fully saturated rings. The number of carbonyl (C=O) groups excluding carboxylic acids is 1. The zero-order chi connectivity index (χ0) is 16.2. The fraction of sp³-hybridized carbons (Fsp3) is 0.125. The van der Waals surface area contributed by atoms with Crippen molar-refractivity contribution in [2.75, 3.05) is 11.1 Å². The van der Waals surface area contributed by atoms with Gasteiger partial charge in [0.1, 0.15) is 5.52 Å². The topological polar surface area (TPSA) is 55.1 Å². The lowest BCUT2D eigenvalue weighted by atomic mass is 10.3. The molecule has 2 aromatic carbocycles. The van der Waals surface area contributed by atoms with Gasteiger partial charge in [0.2, 0.25) is 5.91 Å². The standard InChI is InChI=1S/C16H12BrClN2O2S/c17-10-1-4-12(5-2-10)19-15(21)7-8-23-16-20-13-9-11(18)3-6-14(13)22-16/h1-6,9H,7-8H2,(H,19,21). The van der Waals surface area contributed by atoms with Crippen molar-refractivity contribution < 1.29 is 9.21 Å². The maximum atomic E-state index is 11.9. The van der Waals surface area contributed by atoms with E-state index in [-0.39, 0.29) is 5.91 Å². The Morgan fingerprint density at radius 1 is 1.26 bits per heavy atom. The van der Waals surface area contributed by atoms with E-state index in [9.17, 15) is 4.79 Å². The average molecular weight is 412 g/mol. The smallest absolute Gasteiger partial charge is 0.256 e. The fourth-order valence-corrected chi connectivity index (χ4v) is 3.13. The average Bonchev–Trinajstić information content (AvgIpc) is 2.91. The van der Waals surface area contributed by atoms with Crippen LogP contribution < -0.4 is 5.32 Å². The molecule has 23 heavy (non-hydrogen) atoms. The summed E-state index contributed by atoms with van der Waals surface area (Å²) in [7, 11) is 0. The number of anilines is 1. The minimum absolute atomic E-state index is 0.0426. The molecule has 0 aliphatic heterocycles. The van der Waals surface area contributed by atoms with Crippen LogP contribution in [0.25, 0.3) is 11.1 Å². The van der Waals surface area contributed by atoms with E-state index in [1.807, 2.05) is 24.3 Å². The summed E-state index contributed by atoms with van der Waals surface area (Å²) < 4.78 is 6.57. The van der Waals surface area contributed by atoms with E-state index in [2.05, 4.69) is 26.2 Å². The second-order valence-electron chi connectivity index (χ2n) is 4.75. The van der Waals surface area contributed by atoms with E-state index in [0.29, 0.717) is 28.0 Å². The van der Waals surface area contributed by atoms with Crippen LogP contribution in [0.4, 0.5) is 5.69 Å². The van der Waals surface area contributed by atoms with Crippen molar-refractivity contribution in [1.82, 2.24) is 4.98 Å². The molecular formula is C16H12BrClN2O2S. The summed E-state index contributed by atoms with van der Waals surface area (Å²) in [5.74, 6) is 0.544. The Balaban J connectivity index is 1.51. The highest BCUT2D eigenvalue weighted by atomic mass is 79.9. The number of aromatic nitrogens is 1. The summed E-state index contributed by atoms with van der Waals surface area (Å²) in [5, 5.41) is 4.01. The van der Waals surface area contributed by atoms with Crippen molar-refractivity contribution in [2.45, 2.75) is 11.6 Å². The van der Waals surface area contributed by atoms with Crippen molar-refractivity contribution in [3.63, 3.8) is 0 Å². The molecule has 0 saturated carbocycles. The van der Waals surface area contributed by atoms with Crippen LogP contribution >= 0.6 is 39.3 Å². The predicted octanol–water partition coefficient (Wildman–Crippen LogP) is 5.36. The third-order valence-electron chi connectivity index (χ3n) is 3.01. The summed E-state index contributed by atoms with van der Waals surface area (Å²) in [4.78, 5) is 16.2. The molecule has 1 N–H and O–H groups in total. The van der Waals surface area contributed by atoms with E-state index in [4.69, 9.17) is 16.0 Å². The zero-order valence-electron chi connectivity index (χ0n) is 11.9. The Kier molecular flexibility index (Phi) is 5.25. The molecule has 4 nitrogen and oxygen atoms in total. The SMILES string of the molecule is O=C(CCSc1nc2cc(Cl)ccc2o1)Nc1ccc(Br)cc1. The Morgan fingerprint density at radius 3 is 2.83 bits per heavy atom. The number of oxazole rings is 1. The van der Waals surface area contributed by atoms with Crippen LogP contribution in [0.15, 0.2) is 56.6 Å². The second kappa shape index (κ2) is 7.38. The molecule has 0 unspecified atom stereocenters. The highest BCUT2D eigenvalue weighted by Gasteiger charge is 2.08. The van der Waals surface area contributed by atoms with Crippen LogP contribution in [-0.4, -0.2) is 16.6 Å². The normalized spacial score (nSPS) is 10.9. The second-order valence-corrected chi connectivity index (χ2v) is 7.14. The van der Waals surface area contributed by atoms with Gasteiger partial charge in [-0.2, -0.15) is 0 Å². The molecule has 7 heteroatoms. The van der Waals surface area contributed by atoms with Crippen LogP contribution in [0, 0.1) is 0 Å². The molecule has 0 radical (unpaired) electrons. The molecule has 1 amide bonds. The number of benzene rings is 2. The van der Waals surface area contributed by atoms with Gasteiger partial charge in [-0.3, -0.25) is 4.79 Å². The molecule has 1 aromatic heterocycles. The highest BCUT2D eigenvalue weighted by molar-refractivity contribution is 9.10. The molecule has 3 rings (SSSR count). The monoisotopic (exact) mass is 410 g/mol. The lowest BCUT2D eigenvalue weighted by Gasteiger charge is -2.04. The van der Waals surface area contributed by atoms with Crippen molar-refractivity contribution in [3.8, 4) is 0 Å². The first kappa shape index (κ1) is 16.4. The van der Waals surface area contributed by atoms with Gasteiger partial charge in [-0.05, 0) is 42.5 Å². The predicted molar refractivity (Wildman–Crippen MR) is 97.1 cm³/mol. The van der Waals surface area contributed by atoms with E-state index >= 15 is 0 Å². The number of fused-ring (bicyclic) bond motifs is 1. The Bertz CT molecular complexity index is 836. The molecule has 0 bridgehead atoms. The third-order valence-corrected chi connectivity index (χ3v) is 4.61. The van der Waals surface area contributed by atoms with Crippen LogP contribution in [0.3, 0.4) is 0 Å². The minimum Gasteiger partial charge on any atom is -0.431 e. The van der Waals surface area contributed by atoms with Crippen LogP contribution in [-0.2, 0) is 4.79 Å². The van der Waals surface area contributed by atoms with Gasteiger partial charge in [0.15, 0.2) is 5.58 Å². The first-order valence-corrected chi connectivity index (χ1v) is 9.00. The molecule has 3 aromatic rings. The number of nitrogens with zero attached hydrogens (tertiary/aromatic N) is 1. The van der Waals surface area contributed by atoms with E-state index in [0.717, 1.165) is 15.7 Å². The summed E-state index contributed by atoms with van der Waals surface area (Å²) in [6.07, 6.45) is 0.375. The lowest BCUT2D eigenvalue weighted by Crippen LogP contribution is -2.11. The van der Waals surface area contributed by atoms with Gasteiger partial charge < -0.3 is 9.73 Å². The Morgan fingerprint density at radius 2 is 2.04 bits per heavy atom. The van der Waals surface area contributed by atoms with Crippen LogP contribution in [0.1, 0.15) is 6.42 Å². The maximum absolute atomic E-state index is 11.9. The molecule has 0 spiro atoms. The zero-order valence-corrected chi connectivity index (χ0v) is 15.0. The number of amides is 1. The number of hydrogen-bond acceptors (Lipinski definition) is 4. The van der Waals surface area contributed by atoms with Crippen molar-refractivity contribution in [3.05, 3.63) is 52.0 Å². The molecule has 0 saturated heterocycles. The molecule has 1 heterocycles. The maximum Gasteiger partial charge on any atom is 0.256 e. The molecule has 0 atom stereocenters. The molecule has 0 aliphatic carbocycles. The van der Waals surface area contributed by atoms with Gasteiger partial charge in [0.25, 0.3) is 5.22 Å². The summed E-state index contributed by atoms with van der Waals surface area (Å²) >= 11 is 10.7. The lowest BCUT2D eigenvalue weighted by molar-refractivity contribution is -0.115.